The molecule has 1 fully saturated rings. The van der Waals surface area contributed by atoms with Gasteiger partial charge in [0.1, 0.15) is 23.0 Å². The van der Waals surface area contributed by atoms with Gasteiger partial charge in [-0.3, -0.25) is 4.79 Å². The van der Waals surface area contributed by atoms with Crippen LogP contribution in [-0.2, 0) is 25.4 Å². The number of rotatable bonds is 3. The molecular formula is C22H28O7. The molecule has 7 heteroatoms. The van der Waals surface area contributed by atoms with Crippen LogP contribution >= 0.6 is 0 Å². The monoisotopic (exact) mass is 404 g/mol. The van der Waals surface area contributed by atoms with Crippen LogP contribution < -0.4 is 4.74 Å². The summed E-state index contributed by atoms with van der Waals surface area (Å²) < 4.78 is 21.9. The molecule has 1 saturated carbocycles. The van der Waals surface area contributed by atoms with Crippen LogP contribution in [0.25, 0.3) is 0 Å². The van der Waals surface area contributed by atoms with Gasteiger partial charge in [-0.25, -0.2) is 9.59 Å². The first-order valence-electron chi connectivity index (χ1n) is 9.77. The van der Waals surface area contributed by atoms with Crippen molar-refractivity contribution in [3.63, 3.8) is 0 Å². The highest BCUT2D eigenvalue weighted by Gasteiger charge is 2.61. The van der Waals surface area contributed by atoms with E-state index in [1.807, 2.05) is 13.8 Å². The molecule has 0 saturated heterocycles. The Kier molecular flexibility index (Phi) is 5.36. The number of fused-ring (bicyclic) bond motifs is 1. The first-order chi connectivity index (χ1) is 13.6. The summed E-state index contributed by atoms with van der Waals surface area (Å²) in [5.74, 6) is -0.877. The highest BCUT2D eigenvalue weighted by Crippen LogP contribution is 2.56. The average molecular weight is 404 g/mol. The Balaban J connectivity index is 2.11. The summed E-state index contributed by atoms with van der Waals surface area (Å²) in [6, 6.07) is 3.15. The van der Waals surface area contributed by atoms with Gasteiger partial charge in [0.25, 0.3) is 0 Å². The lowest BCUT2D eigenvalue weighted by atomic mass is 9.58. The Bertz CT molecular complexity index is 857. The SMILES string of the molecule is COC(=O)c1cc2c(c(C(=O)OC)c1)O[C@@]1(C2)[C@H](C)CC[C@H](OC(C)=O)C1(C)C. The second kappa shape index (κ2) is 7.35. The van der Waals surface area contributed by atoms with Crippen LogP contribution in [0.15, 0.2) is 12.1 Å². The average Bonchev–Trinajstić information content (AvgIpc) is 3.08. The van der Waals surface area contributed by atoms with Crippen molar-refractivity contribution in [3.8, 4) is 5.75 Å². The summed E-state index contributed by atoms with van der Waals surface area (Å²) in [6.45, 7) is 7.57. The molecule has 3 atom stereocenters. The molecule has 1 aliphatic heterocycles. The third kappa shape index (κ3) is 3.26. The molecule has 0 aromatic heterocycles. The molecule has 7 nitrogen and oxygen atoms in total. The van der Waals surface area contributed by atoms with Crippen LogP contribution in [0.2, 0.25) is 0 Å². The van der Waals surface area contributed by atoms with Crippen molar-refractivity contribution in [3.05, 3.63) is 28.8 Å². The topological polar surface area (TPSA) is 88.1 Å². The molecule has 2 aliphatic rings. The lowest BCUT2D eigenvalue weighted by molar-refractivity contribution is -0.186. The van der Waals surface area contributed by atoms with Gasteiger partial charge in [0.2, 0.25) is 0 Å². The predicted molar refractivity (Wildman–Crippen MR) is 104 cm³/mol. The van der Waals surface area contributed by atoms with Crippen LogP contribution in [-0.4, -0.2) is 43.8 Å². The molecule has 1 aromatic rings. The Morgan fingerprint density at radius 2 is 1.72 bits per heavy atom. The fourth-order valence-corrected chi connectivity index (χ4v) is 4.88. The largest absolute Gasteiger partial charge is 0.485 e. The van der Waals surface area contributed by atoms with Gasteiger partial charge >= 0.3 is 17.9 Å². The quantitative estimate of drug-likeness (QED) is 0.564. The number of carbonyl (C=O) groups is 3. The standard InChI is InChI=1S/C22H28O7/c1-12-7-8-17(28-13(2)23)21(3,4)22(12)11-15-9-14(19(24)26-5)10-16(18(15)29-22)20(25)27-6/h9-10,12,17H,7-8,11H2,1-6H3/t12-,17+,22+/m1/s1. The molecule has 0 N–H and O–H groups in total. The molecule has 0 radical (unpaired) electrons. The molecule has 0 unspecified atom stereocenters. The van der Waals surface area contributed by atoms with Gasteiger partial charge in [-0.05, 0) is 36.5 Å². The molecule has 1 heterocycles. The zero-order chi connectivity index (χ0) is 21.6. The fourth-order valence-electron chi connectivity index (χ4n) is 4.88. The molecule has 3 rings (SSSR count). The summed E-state index contributed by atoms with van der Waals surface area (Å²) in [7, 11) is 2.58. The number of carbonyl (C=O) groups excluding carboxylic acids is 3. The predicted octanol–water partition coefficient (Wildman–Crippen LogP) is 3.32. The minimum absolute atomic E-state index is 0.142. The fraction of sp³-hybridized carbons (Fsp3) is 0.591. The van der Waals surface area contributed by atoms with Crippen molar-refractivity contribution in [1.82, 2.24) is 0 Å². The van der Waals surface area contributed by atoms with E-state index in [1.54, 1.807) is 6.07 Å². The first kappa shape index (κ1) is 21.1. The van der Waals surface area contributed by atoms with E-state index < -0.39 is 23.0 Å². The van der Waals surface area contributed by atoms with Crippen LogP contribution in [0.1, 0.15) is 66.8 Å². The maximum Gasteiger partial charge on any atom is 0.341 e. The van der Waals surface area contributed by atoms with Crippen molar-refractivity contribution in [2.45, 2.75) is 58.7 Å². The summed E-state index contributed by atoms with van der Waals surface area (Å²) in [6.07, 6.45) is 1.73. The van der Waals surface area contributed by atoms with Gasteiger partial charge in [-0.15, -0.1) is 0 Å². The maximum atomic E-state index is 12.4. The van der Waals surface area contributed by atoms with Gasteiger partial charge in [0.05, 0.1) is 19.8 Å². The van der Waals surface area contributed by atoms with Crippen molar-refractivity contribution < 1.29 is 33.3 Å². The highest BCUT2D eigenvalue weighted by atomic mass is 16.6. The number of hydrogen-bond donors (Lipinski definition) is 0. The Labute approximate surface area is 170 Å². The number of hydrogen-bond acceptors (Lipinski definition) is 7. The van der Waals surface area contributed by atoms with Gasteiger partial charge in [0, 0.05) is 18.8 Å². The van der Waals surface area contributed by atoms with Crippen LogP contribution in [0.5, 0.6) is 5.75 Å². The Morgan fingerprint density at radius 3 is 2.31 bits per heavy atom. The van der Waals surface area contributed by atoms with Crippen molar-refractivity contribution in [1.29, 1.82) is 0 Å². The summed E-state index contributed by atoms with van der Waals surface area (Å²) in [4.78, 5) is 36.2. The summed E-state index contributed by atoms with van der Waals surface area (Å²) in [5, 5.41) is 0. The third-order valence-corrected chi connectivity index (χ3v) is 6.59. The van der Waals surface area contributed by atoms with Crippen molar-refractivity contribution >= 4 is 17.9 Å². The molecule has 1 aliphatic carbocycles. The van der Waals surface area contributed by atoms with Gasteiger partial charge in [-0.1, -0.05) is 20.8 Å². The first-order valence-corrected chi connectivity index (χ1v) is 9.77. The van der Waals surface area contributed by atoms with Crippen LogP contribution in [0.3, 0.4) is 0 Å². The van der Waals surface area contributed by atoms with Crippen molar-refractivity contribution in [2.75, 3.05) is 14.2 Å². The minimum atomic E-state index is -0.689. The van der Waals surface area contributed by atoms with E-state index >= 15 is 0 Å². The van der Waals surface area contributed by atoms with E-state index in [4.69, 9.17) is 18.9 Å². The zero-order valence-corrected chi connectivity index (χ0v) is 17.8. The molecule has 0 bridgehead atoms. The normalized spacial score (nSPS) is 27.0. The van der Waals surface area contributed by atoms with Gasteiger partial charge in [-0.2, -0.15) is 0 Å². The Hall–Kier alpha value is -2.57. The summed E-state index contributed by atoms with van der Waals surface area (Å²) >= 11 is 0. The molecule has 158 valence electrons. The number of ether oxygens (including phenoxy) is 4. The highest BCUT2D eigenvalue weighted by molar-refractivity contribution is 5.98. The third-order valence-electron chi connectivity index (χ3n) is 6.59. The lowest BCUT2D eigenvalue weighted by Crippen LogP contribution is -2.62. The van der Waals surface area contributed by atoms with Crippen LogP contribution in [0, 0.1) is 11.3 Å². The van der Waals surface area contributed by atoms with E-state index in [1.165, 1.54) is 27.2 Å². The van der Waals surface area contributed by atoms with E-state index in [2.05, 4.69) is 6.92 Å². The van der Waals surface area contributed by atoms with Crippen molar-refractivity contribution in [2.24, 2.45) is 11.3 Å². The molecule has 1 aromatic carbocycles. The zero-order valence-electron chi connectivity index (χ0n) is 17.8. The lowest BCUT2D eigenvalue weighted by Gasteiger charge is -2.54. The molecular weight excluding hydrogens is 376 g/mol. The molecule has 0 amide bonds. The van der Waals surface area contributed by atoms with E-state index in [0.29, 0.717) is 12.2 Å². The van der Waals surface area contributed by atoms with E-state index in [0.717, 1.165) is 18.4 Å². The van der Waals surface area contributed by atoms with E-state index in [9.17, 15) is 14.4 Å². The molecule has 29 heavy (non-hydrogen) atoms. The van der Waals surface area contributed by atoms with E-state index in [-0.39, 0.29) is 29.1 Å². The number of esters is 3. The smallest absolute Gasteiger partial charge is 0.341 e. The van der Waals surface area contributed by atoms with Gasteiger partial charge < -0.3 is 18.9 Å². The number of methoxy groups -OCH3 is 2. The second-order valence-electron chi connectivity index (χ2n) is 8.46. The summed E-state index contributed by atoms with van der Waals surface area (Å²) in [5.41, 5.74) is 0.000958. The Morgan fingerprint density at radius 1 is 1.07 bits per heavy atom. The van der Waals surface area contributed by atoms with Crippen LogP contribution in [0.4, 0.5) is 0 Å². The van der Waals surface area contributed by atoms with Gasteiger partial charge in [0.15, 0.2) is 0 Å². The molecule has 1 spiro atoms. The maximum absolute atomic E-state index is 12.4. The minimum Gasteiger partial charge on any atom is -0.485 e. The second-order valence-corrected chi connectivity index (χ2v) is 8.46. The number of benzene rings is 1.